The number of hydrogen-bond donors (Lipinski definition) is 1. The van der Waals surface area contributed by atoms with Gasteiger partial charge in [-0.15, -0.1) is 0 Å². The van der Waals surface area contributed by atoms with Crippen LogP contribution in [0.3, 0.4) is 0 Å². The molecule has 1 aliphatic rings. The molecule has 0 saturated carbocycles. The number of rotatable bonds is 1. The minimum atomic E-state index is -0.223. The molecular weight excluding hydrogens is 252 g/mol. The molecule has 1 aromatic rings. The predicted octanol–water partition coefficient (Wildman–Crippen LogP) is 1.69. The van der Waals surface area contributed by atoms with E-state index in [9.17, 15) is 4.79 Å². The van der Waals surface area contributed by atoms with Gasteiger partial charge in [0.05, 0.1) is 5.56 Å². The van der Waals surface area contributed by atoms with Crippen molar-refractivity contribution >= 4 is 5.91 Å². The van der Waals surface area contributed by atoms with Crippen molar-refractivity contribution in [2.75, 3.05) is 19.7 Å². The normalized spacial score (nSPS) is 17.2. The molecule has 1 aromatic heterocycles. The van der Waals surface area contributed by atoms with E-state index in [1.54, 1.807) is 18.3 Å². The summed E-state index contributed by atoms with van der Waals surface area (Å²) < 4.78 is 0. The first-order valence-corrected chi connectivity index (χ1v) is 6.87. The van der Waals surface area contributed by atoms with Gasteiger partial charge in [-0.25, -0.2) is 4.98 Å². The van der Waals surface area contributed by atoms with E-state index in [1.165, 1.54) is 0 Å². The van der Waals surface area contributed by atoms with Crippen LogP contribution >= 0.6 is 0 Å². The summed E-state index contributed by atoms with van der Waals surface area (Å²) in [6.45, 7) is 5.65. The summed E-state index contributed by atoms with van der Waals surface area (Å²) in [5.41, 5.74) is 1.11. The Hall–Kier alpha value is -1.86. The SMILES string of the molecule is CC1(C)CCCN(C(=O)c2ncccc2C#CCO)C1. The van der Waals surface area contributed by atoms with Crippen molar-refractivity contribution in [1.82, 2.24) is 9.88 Å². The molecule has 4 nitrogen and oxygen atoms in total. The minimum absolute atomic E-state index is 0.0689. The van der Waals surface area contributed by atoms with E-state index in [4.69, 9.17) is 5.11 Å². The highest BCUT2D eigenvalue weighted by Gasteiger charge is 2.30. The highest BCUT2D eigenvalue weighted by molar-refractivity contribution is 5.94. The van der Waals surface area contributed by atoms with Gasteiger partial charge >= 0.3 is 0 Å². The van der Waals surface area contributed by atoms with Crippen LogP contribution in [0.2, 0.25) is 0 Å². The molecule has 4 heteroatoms. The van der Waals surface area contributed by atoms with Crippen LogP contribution in [0.4, 0.5) is 0 Å². The van der Waals surface area contributed by atoms with Crippen molar-refractivity contribution < 1.29 is 9.90 Å². The third kappa shape index (κ3) is 3.37. The number of pyridine rings is 1. The van der Waals surface area contributed by atoms with E-state index in [1.807, 2.05) is 4.90 Å². The van der Waals surface area contributed by atoms with Gasteiger partial charge in [0.2, 0.25) is 0 Å². The zero-order valence-electron chi connectivity index (χ0n) is 12.0. The molecule has 2 heterocycles. The molecule has 1 saturated heterocycles. The standard InChI is InChI=1S/C16H20N2O2/c1-16(2)8-5-10-18(12-16)15(20)14-13(7-4-11-19)6-3-9-17-14/h3,6,9,19H,5,8,10-12H2,1-2H3. The lowest BCUT2D eigenvalue weighted by Crippen LogP contribution is -2.44. The topological polar surface area (TPSA) is 53.4 Å². The molecule has 0 atom stereocenters. The molecule has 0 unspecified atom stereocenters. The van der Waals surface area contributed by atoms with Crippen LogP contribution in [-0.4, -0.2) is 40.6 Å². The second-order valence-electron chi connectivity index (χ2n) is 5.85. The molecule has 2 rings (SSSR count). The van der Waals surface area contributed by atoms with Crippen LogP contribution in [0, 0.1) is 17.3 Å². The minimum Gasteiger partial charge on any atom is -0.384 e. The van der Waals surface area contributed by atoms with E-state index in [2.05, 4.69) is 30.7 Å². The number of hydrogen-bond acceptors (Lipinski definition) is 3. The Labute approximate surface area is 119 Å². The van der Waals surface area contributed by atoms with Crippen molar-refractivity contribution in [3.8, 4) is 11.8 Å². The Bertz CT molecular complexity index is 555. The molecule has 1 fully saturated rings. The van der Waals surface area contributed by atoms with Gasteiger partial charge in [0.1, 0.15) is 12.3 Å². The van der Waals surface area contributed by atoms with Crippen molar-refractivity contribution in [3.05, 3.63) is 29.6 Å². The van der Waals surface area contributed by atoms with Gasteiger partial charge in [-0.1, -0.05) is 25.7 Å². The molecular formula is C16H20N2O2. The van der Waals surface area contributed by atoms with Crippen LogP contribution in [0.15, 0.2) is 18.3 Å². The summed E-state index contributed by atoms with van der Waals surface area (Å²) in [5.74, 6) is 5.30. The molecule has 0 bridgehead atoms. The first kappa shape index (κ1) is 14.5. The quantitative estimate of drug-likeness (QED) is 0.792. The Morgan fingerprint density at radius 3 is 3.05 bits per heavy atom. The van der Waals surface area contributed by atoms with Gasteiger partial charge < -0.3 is 10.0 Å². The third-order valence-electron chi connectivity index (χ3n) is 3.50. The average molecular weight is 272 g/mol. The van der Waals surface area contributed by atoms with Gasteiger partial charge in [-0.3, -0.25) is 4.79 Å². The predicted molar refractivity (Wildman–Crippen MR) is 77.1 cm³/mol. The highest BCUT2D eigenvalue weighted by atomic mass is 16.2. The molecule has 0 radical (unpaired) electrons. The zero-order valence-corrected chi connectivity index (χ0v) is 12.0. The number of aromatic nitrogens is 1. The monoisotopic (exact) mass is 272 g/mol. The number of amides is 1. The maximum Gasteiger partial charge on any atom is 0.273 e. The highest BCUT2D eigenvalue weighted by Crippen LogP contribution is 2.29. The number of nitrogens with zero attached hydrogens (tertiary/aromatic N) is 2. The maximum atomic E-state index is 12.6. The van der Waals surface area contributed by atoms with Crippen LogP contribution < -0.4 is 0 Å². The Balaban J connectivity index is 2.25. The van der Waals surface area contributed by atoms with E-state index in [0.717, 1.165) is 25.9 Å². The number of aliphatic hydroxyl groups excluding tert-OH is 1. The molecule has 20 heavy (non-hydrogen) atoms. The van der Waals surface area contributed by atoms with E-state index in [0.29, 0.717) is 11.3 Å². The van der Waals surface area contributed by atoms with Crippen LogP contribution in [0.1, 0.15) is 42.7 Å². The fraction of sp³-hybridized carbons (Fsp3) is 0.500. The Kier molecular flexibility index (Phi) is 4.41. The van der Waals surface area contributed by atoms with Crippen molar-refractivity contribution in [3.63, 3.8) is 0 Å². The van der Waals surface area contributed by atoms with Crippen LogP contribution in [0.5, 0.6) is 0 Å². The Morgan fingerprint density at radius 2 is 2.35 bits per heavy atom. The summed E-state index contributed by atoms with van der Waals surface area (Å²) in [6, 6.07) is 3.51. The molecule has 0 aliphatic carbocycles. The number of aliphatic hydroxyl groups is 1. The maximum absolute atomic E-state index is 12.6. The molecule has 106 valence electrons. The van der Waals surface area contributed by atoms with Gasteiger partial charge in [0.25, 0.3) is 5.91 Å². The first-order chi connectivity index (χ1) is 9.53. The van der Waals surface area contributed by atoms with Gasteiger partial charge in [0.15, 0.2) is 0 Å². The summed E-state index contributed by atoms with van der Waals surface area (Å²) >= 11 is 0. The molecule has 0 aromatic carbocycles. The molecule has 1 aliphatic heterocycles. The number of piperidine rings is 1. The lowest BCUT2D eigenvalue weighted by molar-refractivity contribution is 0.0577. The van der Waals surface area contributed by atoms with Crippen LogP contribution in [-0.2, 0) is 0 Å². The number of carbonyl (C=O) groups is 1. The largest absolute Gasteiger partial charge is 0.384 e. The summed E-state index contributed by atoms with van der Waals surface area (Å²) in [7, 11) is 0. The fourth-order valence-corrected chi connectivity index (χ4v) is 2.56. The second-order valence-corrected chi connectivity index (χ2v) is 5.85. The van der Waals surface area contributed by atoms with Crippen LogP contribution in [0.25, 0.3) is 0 Å². The third-order valence-corrected chi connectivity index (χ3v) is 3.50. The van der Waals surface area contributed by atoms with Crippen molar-refractivity contribution in [2.24, 2.45) is 5.41 Å². The Morgan fingerprint density at radius 1 is 1.55 bits per heavy atom. The lowest BCUT2D eigenvalue weighted by atomic mass is 9.84. The summed E-state index contributed by atoms with van der Waals surface area (Å²) in [6.07, 6.45) is 3.76. The van der Waals surface area contributed by atoms with Gasteiger partial charge in [-0.05, 0) is 30.4 Å². The molecule has 0 spiro atoms. The number of carbonyl (C=O) groups excluding carboxylic acids is 1. The van der Waals surface area contributed by atoms with E-state index >= 15 is 0 Å². The van der Waals surface area contributed by atoms with Crippen molar-refractivity contribution in [1.29, 1.82) is 0 Å². The second kappa shape index (κ2) is 6.06. The smallest absolute Gasteiger partial charge is 0.273 e. The first-order valence-electron chi connectivity index (χ1n) is 6.87. The zero-order chi connectivity index (χ0) is 14.6. The molecule has 1 N–H and O–H groups in total. The van der Waals surface area contributed by atoms with Crippen molar-refractivity contribution in [2.45, 2.75) is 26.7 Å². The summed E-state index contributed by atoms with van der Waals surface area (Å²) in [5, 5.41) is 8.79. The van der Waals surface area contributed by atoms with Gasteiger partial charge in [0, 0.05) is 19.3 Å². The number of likely N-dealkylation sites (tertiary alicyclic amines) is 1. The van der Waals surface area contributed by atoms with E-state index in [-0.39, 0.29) is 17.9 Å². The van der Waals surface area contributed by atoms with E-state index < -0.39 is 0 Å². The summed E-state index contributed by atoms with van der Waals surface area (Å²) in [4.78, 5) is 18.6. The fourth-order valence-electron chi connectivity index (χ4n) is 2.56. The van der Waals surface area contributed by atoms with Gasteiger partial charge in [-0.2, -0.15) is 0 Å². The molecule has 1 amide bonds. The average Bonchev–Trinajstić information content (AvgIpc) is 2.43. The lowest BCUT2D eigenvalue weighted by Gasteiger charge is -2.37.